The number of nitrogens with zero attached hydrogens (tertiary/aromatic N) is 2. The zero-order valence-electron chi connectivity index (χ0n) is 9.53. The summed E-state index contributed by atoms with van der Waals surface area (Å²) in [5, 5.41) is 8.86. The molecule has 0 unspecified atom stereocenters. The van der Waals surface area contributed by atoms with Gasteiger partial charge in [0.25, 0.3) is 5.91 Å². The highest BCUT2D eigenvalue weighted by molar-refractivity contribution is 6.12. The van der Waals surface area contributed by atoms with Gasteiger partial charge in [0.2, 0.25) is 0 Å². The highest BCUT2D eigenvalue weighted by atomic mass is 16.2. The molecule has 1 heterocycles. The molecule has 1 N–H and O–H groups in total. The van der Waals surface area contributed by atoms with Crippen molar-refractivity contribution in [3.05, 3.63) is 24.3 Å². The zero-order valence-corrected chi connectivity index (χ0v) is 9.53. The Bertz CT molecular complexity index is 422. The number of benzene rings is 1. The molecule has 0 saturated carbocycles. The highest BCUT2D eigenvalue weighted by Gasteiger charge is 2.22. The fourth-order valence-corrected chi connectivity index (χ4v) is 1.68. The van der Waals surface area contributed by atoms with Crippen LogP contribution in [-0.4, -0.2) is 18.2 Å². The molecule has 4 nitrogen and oxygen atoms in total. The van der Waals surface area contributed by atoms with Crippen LogP contribution in [0.25, 0.3) is 0 Å². The van der Waals surface area contributed by atoms with Crippen molar-refractivity contribution in [1.29, 1.82) is 0 Å². The van der Waals surface area contributed by atoms with Gasteiger partial charge >= 0.3 is 0 Å². The van der Waals surface area contributed by atoms with Gasteiger partial charge in [0.15, 0.2) is 0 Å². The standard InChI is InChI=1S/C12H15N3O/c1-3-13-10-4-6-11(7-5-10)15-12(16)8-9(2)14-15/h4-7,13H,3,8H2,1-2H3. The maximum Gasteiger partial charge on any atom is 0.253 e. The monoisotopic (exact) mass is 217 g/mol. The molecule has 1 aliphatic heterocycles. The summed E-state index contributed by atoms with van der Waals surface area (Å²) in [6.45, 7) is 4.80. The third-order valence-corrected chi connectivity index (χ3v) is 2.41. The molecule has 0 bridgehead atoms. The van der Waals surface area contributed by atoms with Gasteiger partial charge in [-0.05, 0) is 38.1 Å². The molecule has 16 heavy (non-hydrogen) atoms. The Labute approximate surface area is 95.0 Å². The molecular formula is C12H15N3O. The van der Waals surface area contributed by atoms with Crippen molar-refractivity contribution in [3.63, 3.8) is 0 Å². The molecule has 0 aliphatic carbocycles. The van der Waals surface area contributed by atoms with Crippen LogP contribution in [0.5, 0.6) is 0 Å². The summed E-state index contributed by atoms with van der Waals surface area (Å²) >= 11 is 0. The van der Waals surface area contributed by atoms with Crippen molar-refractivity contribution in [3.8, 4) is 0 Å². The third-order valence-electron chi connectivity index (χ3n) is 2.41. The number of hydrogen-bond donors (Lipinski definition) is 1. The van der Waals surface area contributed by atoms with Crippen molar-refractivity contribution in [2.45, 2.75) is 20.3 Å². The predicted molar refractivity (Wildman–Crippen MR) is 65.8 cm³/mol. The van der Waals surface area contributed by atoms with Crippen molar-refractivity contribution < 1.29 is 4.79 Å². The van der Waals surface area contributed by atoms with E-state index in [0.29, 0.717) is 6.42 Å². The van der Waals surface area contributed by atoms with Gasteiger partial charge in [0.1, 0.15) is 0 Å². The third kappa shape index (κ3) is 2.05. The largest absolute Gasteiger partial charge is 0.385 e. The average Bonchev–Trinajstić information content (AvgIpc) is 2.59. The molecule has 1 aromatic rings. The lowest BCUT2D eigenvalue weighted by Gasteiger charge is -2.12. The second kappa shape index (κ2) is 4.35. The molecule has 1 aliphatic rings. The van der Waals surface area contributed by atoms with E-state index in [2.05, 4.69) is 10.4 Å². The first kappa shape index (κ1) is 10.7. The number of nitrogens with one attached hydrogen (secondary N) is 1. The first-order chi connectivity index (χ1) is 7.70. The first-order valence-corrected chi connectivity index (χ1v) is 5.41. The normalized spacial score (nSPS) is 15.2. The Morgan fingerprint density at radius 3 is 2.56 bits per heavy atom. The number of hydrazone groups is 1. The van der Waals surface area contributed by atoms with Gasteiger partial charge in [-0.25, -0.2) is 5.01 Å². The van der Waals surface area contributed by atoms with Crippen LogP contribution in [0.15, 0.2) is 29.4 Å². The van der Waals surface area contributed by atoms with Crippen molar-refractivity contribution in [2.24, 2.45) is 5.10 Å². The van der Waals surface area contributed by atoms with E-state index in [9.17, 15) is 4.79 Å². The van der Waals surface area contributed by atoms with Crippen molar-refractivity contribution in [2.75, 3.05) is 16.9 Å². The molecule has 0 spiro atoms. The quantitative estimate of drug-likeness (QED) is 0.843. The van der Waals surface area contributed by atoms with Gasteiger partial charge in [-0.3, -0.25) is 4.79 Å². The van der Waals surface area contributed by atoms with Gasteiger partial charge in [-0.2, -0.15) is 5.10 Å². The highest BCUT2D eigenvalue weighted by Crippen LogP contribution is 2.22. The van der Waals surface area contributed by atoms with Crippen LogP contribution < -0.4 is 10.3 Å². The fraction of sp³-hybridized carbons (Fsp3) is 0.333. The van der Waals surface area contributed by atoms with Gasteiger partial charge in [-0.1, -0.05) is 0 Å². The van der Waals surface area contributed by atoms with E-state index in [-0.39, 0.29) is 5.91 Å². The van der Waals surface area contributed by atoms with Crippen molar-refractivity contribution >= 4 is 23.0 Å². The molecule has 1 amide bonds. The van der Waals surface area contributed by atoms with E-state index in [1.807, 2.05) is 38.1 Å². The summed E-state index contributed by atoms with van der Waals surface area (Å²) in [5.41, 5.74) is 2.74. The second-order valence-corrected chi connectivity index (χ2v) is 3.79. The number of carbonyl (C=O) groups excluding carboxylic acids is 1. The number of rotatable bonds is 3. The van der Waals surface area contributed by atoms with Gasteiger partial charge in [-0.15, -0.1) is 0 Å². The van der Waals surface area contributed by atoms with Gasteiger partial charge in [0, 0.05) is 17.9 Å². The molecule has 0 atom stereocenters. The minimum absolute atomic E-state index is 0.0358. The van der Waals surface area contributed by atoms with E-state index >= 15 is 0 Å². The predicted octanol–water partition coefficient (Wildman–Crippen LogP) is 2.23. The summed E-state index contributed by atoms with van der Waals surface area (Å²) in [6.07, 6.45) is 0.426. The molecule has 0 fully saturated rings. The van der Waals surface area contributed by atoms with Gasteiger partial charge in [0.05, 0.1) is 12.1 Å². The Balaban J connectivity index is 2.19. The summed E-state index contributed by atoms with van der Waals surface area (Å²) in [5.74, 6) is 0.0358. The van der Waals surface area contributed by atoms with E-state index in [1.165, 1.54) is 5.01 Å². The SMILES string of the molecule is CCNc1ccc(N2N=C(C)CC2=O)cc1. The second-order valence-electron chi connectivity index (χ2n) is 3.79. The lowest BCUT2D eigenvalue weighted by molar-refractivity contribution is -0.116. The minimum atomic E-state index is 0.0358. The van der Waals surface area contributed by atoms with Crippen LogP contribution in [-0.2, 0) is 4.79 Å². The zero-order chi connectivity index (χ0) is 11.5. The van der Waals surface area contributed by atoms with Gasteiger partial charge < -0.3 is 5.32 Å². The fourth-order valence-electron chi connectivity index (χ4n) is 1.68. The number of anilines is 2. The van der Waals surface area contributed by atoms with Crippen LogP contribution in [0.4, 0.5) is 11.4 Å². The molecule has 0 aromatic heterocycles. The van der Waals surface area contributed by atoms with Crippen LogP contribution in [0, 0.1) is 0 Å². The topological polar surface area (TPSA) is 44.7 Å². The van der Waals surface area contributed by atoms with E-state index in [4.69, 9.17) is 0 Å². The molecule has 84 valence electrons. The molecule has 4 heteroatoms. The van der Waals surface area contributed by atoms with E-state index in [0.717, 1.165) is 23.6 Å². The Morgan fingerprint density at radius 2 is 2.06 bits per heavy atom. The Morgan fingerprint density at radius 1 is 1.38 bits per heavy atom. The van der Waals surface area contributed by atoms with Crippen molar-refractivity contribution in [1.82, 2.24) is 0 Å². The number of carbonyl (C=O) groups is 1. The minimum Gasteiger partial charge on any atom is -0.385 e. The lowest BCUT2D eigenvalue weighted by atomic mass is 10.2. The van der Waals surface area contributed by atoms with E-state index < -0.39 is 0 Å². The first-order valence-electron chi connectivity index (χ1n) is 5.41. The molecule has 0 radical (unpaired) electrons. The summed E-state index contributed by atoms with van der Waals surface area (Å²) in [7, 11) is 0. The maximum atomic E-state index is 11.6. The van der Waals surface area contributed by atoms with Crippen LogP contribution in [0.1, 0.15) is 20.3 Å². The summed E-state index contributed by atoms with van der Waals surface area (Å²) < 4.78 is 0. The van der Waals surface area contributed by atoms with Crippen LogP contribution in [0.3, 0.4) is 0 Å². The van der Waals surface area contributed by atoms with Crippen LogP contribution >= 0.6 is 0 Å². The summed E-state index contributed by atoms with van der Waals surface area (Å²) in [4.78, 5) is 11.6. The molecular weight excluding hydrogens is 202 g/mol. The number of amides is 1. The molecule has 1 aromatic carbocycles. The average molecular weight is 217 g/mol. The molecule has 0 saturated heterocycles. The molecule has 2 rings (SSSR count). The Hall–Kier alpha value is -1.84. The maximum absolute atomic E-state index is 11.6. The van der Waals surface area contributed by atoms with E-state index in [1.54, 1.807) is 0 Å². The number of hydrogen-bond acceptors (Lipinski definition) is 3. The summed E-state index contributed by atoms with van der Waals surface area (Å²) in [6, 6.07) is 7.71. The lowest BCUT2D eigenvalue weighted by Crippen LogP contribution is -2.19. The smallest absolute Gasteiger partial charge is 0.253 e. The van der Waals surface area contributed by atoms with Crippen LogP contribution in [0.2, 0.25) is 0 Å². The Kier molecular flexibility index (Phi) is 2.90.